The molecule has 0 fully saturated rings. The molecule has 0 amide bonds. The SMILES string of the molecule is C=CNc1ccccc1[N+](=O)[O-].CCNCC. The number of nitro groups is 1. The Morgan fingerprint density at radius 1 is 1.35 bits per heavy atom. The summed E-state index contributed by atoms with van der Waals surface area (Å²) in [6.45, 7) is 9.81. The molecule has 5 nitrogen and oxygen atoms in total. The van der Waals surface area contributed by atoms with Gasteiger partial charge in [-0.05, 0) is 25.4 Å². The number of hydrogen-bond donors (Lipinski definition) is 2. The number of nitrogens with zero attached hydrogens (tertiary/aromatic N) is 1. The molecule has 0 aromatic heterocycles. The summed E-state index contributed by atoms with van der Waals surface area (Å²) in [6, 6.07) is 6.40. The van der Waals surface area contributed by atoms with Crippen LogP contribution in [-0.4, -0.2) is 18.0 Å². The highest BCUT2D eigenvalue weighted by molar-refractivity contribution is 5.62. The van der Waals surface area contributed by atoms with Crippen molar-refractivity contribution in [2.45, 2.75) is 13.8 Å². The lowest BCUT2D eigenvalue weighted by Crippen LogP contribution is -2.09. The van der Waals surface area contributed by atoms with Gasteiger partial charge in [0, 0.05) is 6.07 Å². The van der Waals surface area contributed by atoms with Crippen LogP contribution in [0.5, 0.6) is 0 Å². The highest BCUT2D eigenvalue weighted by Gasteiger charge is 2.09. The topological polar surface area (TPSA) is 67.2 Å². The van der Waals surface area contributed by atoms with Crippen LogP contribution in [0.2, 0.25) is 0 Å². The second-order valence-electron chi connectivity index (χ2n) is 3.08. The van der Waals surface area contributed by atoms with E-state index in [0.717, 1.165) is 13.1 Å². The van der Waals surface area contributed by atoms with E-state index in [1.165, 1.54) is 12.3 Å². The molecule has 0 radical (unpaired) electrons. The van der Waals surface area contributed by atoms with E-state index in [0.29, 0.717) is 5.69 Å². The molecular formula is C12H19N3O2. The van der Waals surface area contributed by atoms with Gasteiger partial charge in [0.2, 0.25) is 0 Å². The number of rotatable bonds is 5. The Morgan fingerprint density at radius 3 is 2.35 bits per heavy atom. The van der Waals surface area contributed by atoms with Crippen LogP contribution in [0.15, 0.2) is 37.0 Å². The zero-order valence-corrected chi connectivity index (χ0v) is 10.3. The summed E-state index contributed by atoms with van der Waals surface area (Å²) in [6.07, 6.45) is 1.41. The van der Waals surface area contributed by atoms with Gasteiger partial charge in [0.15, 0.2) is 0 Å². The summed E-state index contributed by atoms with van der Waals surface area (Å²) in [5.74, 6) is 0. The van der Waals surface area contributed by atoms with Crippen LogP contribution >= 0.6 is 0 Å². The second-order valence-corrected chi connectivity index (χ2v) is 3.08. The van der Waals surface area contributed by atoms with E-state index in [9.17, 15) is 10.1 Å². The Labute approximate surface area is 102 Å². The summed E-state index contributed by atoms with van der Waals surface area (Å²) < 4.78 is 0. The Bertz CT molecular complexity index is 351. The van der Waals surface area contributed by atoms with Crippen LogP contribution in [-0.2, 0) is 0 Å². The van der Waals surface area contributed by atoms with Crippen molar-refractivity contribution in [1.82, 2.24) is 5.32 Å². The minimum absolute atomic E-state index is 0.0531. The van der Waals surface area contributed by atoms with E-state index in [1.807, 2.05) is 0 Å². The largest absolute Gasteiger partial charge is 0.357 e. The van der Waals surface area contributed by atoms with E-state index in [1.54, 1.807) is 18.2 Å². The molecule has 0 spiro atoms. The molecule has 1 aromatic rings. The average Bonchev–Trinajstić information content (AvgIpc) is 2.32. The molecule has 1 rings (SSSR count). The van der Waals surface area contributed by atoms with Crippen LogP contribution < -0.4 is 10.6 Å². The fourth-order valence-electron chi connectivity index (χ4n) is 1.11. The van der Waals surface area contributed by atoms with E-state index in [2.05, 4.69) is 31.1 Å². The summed E-state index contributed by atoms with van der Waals surface area (Å²) in [7, 11) is 0. The first-order chi connectivity index (χ1) is 8.17. The second kappa shape index (κ2) is 9.35. The predicted molar refractivity (Wildman–Crippen MR) is 71.1 cm³/mol. The number of para-hydroxylation sites is 2. The maximum Gasteiger partial charge on any atom is 0.292 e. The highest BCUT2D eigenvalue weighted by Crippen LogP contribution is 2.22. The first-order valence-electron chi connectivity index (χ1n) is 5.48. The van der Waals surface area contributed by atoms with Gasteiger partial charge in [-0.15, -0.1) is 0 Å². The van der Waals surface area contributed by atoms with Crippen molar-refractivity contribution >= 4 is 11.4 Å². The zero-order valence-electron chi connectivity index (χ0n) is 10.3. The molecular weight excluding hydrogens is 218 g/mol. The molecule has 5 heteroatoms. The normalized spacial score (nSPS) is 8.82. The van der Waals surface area contributed by atoms with Gasteiger partial charge in [0.05, 0.1) is 4.92 Å². The molecule has 0 saturated carbocycles. The maximum absolute atomic E-state index is 10.4. The van der Waals surface area contributed by atoms with Crippen molar-refractivity contribution in [3.8, 4) is 0 Å². The molecule has 17 heavy (non-hydrogen) atoms. The van der Waals surface area contributed by atoms with Gasteiger partial charge in [-0.25, -0.2) is 0 Å². The minimum Gasteiger partial charge on any atom is -0.357 e. The Morgan fingerprint density at radius 2 is 1.94 bits per heavy atom. The fraction of sp³-hybridized carbons (Fsp3) is 0.333. The van der Waals surface area contributed by atoms with Crippen molar-refractivity contribution in [1.29, 1.82) is 0 Å². The molecule has 0 saturated heterocycles. The molecule has 0 atom stereocenters. The van der Waals surface area contributed by atoms with E-state index in [-0.39, 0.29) is 5.69 Å². The molecule has 0 aliphatic rings. The highest BCUT2D eigenvalue weighted by atomic mass is 16.6. The average molecular weight is 237 g/mol. The molecule has 94 valence electrons. The summed E-state index contributed by atoms with van der Waals surface area (Å²) in [5, 5.41) is 16.2. The fourth-order valence-corrected chi connectivity index (χ4v) is 1.11. The van der Waals surface area contributed by atoms with Crippen LogP contribution in [0.25, 0.3) is 0 Å². The smallest absolute Gasteiger partial charge is 0.292 e. The Kier molecular flexibility index (Phi) is 8.32. The standard InChI is InChI=1S/C8H8N2O2.C4H11N/c1-2-9-7-5-3-4-6-8(7)10(11)12;1-3-5-4-2/h2-6,9H,1H2;5H,3-4H2,1-2H3. The van der Waals surface area contributed by atoms with Crippen molar-refractivity contribution in [2.75, 3.05) is 18.4 Å². The number of benzene rings is 1. The number of nitrogens with one attached hydrogen (secondary N) is 2. The van der Waals surface area contributed by atoms with Gasteiger partial charge in [0.25, 0.3) is 5.69 Å². The molecule has 0 aliphatic carbocycles. The molecule has 0 bridgehead atoms. The quantitative estimate of drug-likeness (QED) is 0.610. The van der Waals surface area contributed by atoms with Gasteiger partial charge >= 0.3 is 0 Å². The van der Waals surface area contributed by atoms with Crippen LogP contribution in [0.4, 0.5) is 11.4 Å². The van der Waals surface area contributed by atoms with Crippen molar-refractivity contribution in [3.05, 3.63) is 47.2 Å². The first kappa shape index (κ1) is 15.1. The number of nitro benzene ring substituents is 1. The van der Waals surface area contributed by atoms with Gasteiger partial charge in [-0.3, -0.25) is 10.1 Å². The molecule has 0 aliphatic heterocycles. The van der Waals surface area contributed by atoms with Gasteiger partial charge in [0.1, 0.15) is 5.69 Å². The molecule has 1 aromatic carbocycles. The van der Waals surface area contributed by atoms with E-state index >= 15 is 0 Å². The van der Waals surface area contributed by atoms with Crippen molar-refractivity contribution in [3.63, 3.8) is 0 Å². The van der Waals surface area contributed by atoms with E-state index in [4.69, 9.17) is 0 Å². The van der Waals surface area contributed by atoms with Crippen LogP contribution in [0, 0.1) is 10.1 Å². The zero-order chi connectivity index (χ0) is 13.1. The number of hydrogen-bond acceptors (Lipinski definition) is 4. The monoisotopic (exact) mass is 237 g/mol. The third-order valence-corrected chi connectivity index (χ3v) is 1.86. The summed E-state index contributed by atoms with van der Waals surface area (Å²) in [4.78, 5) is 9.99. The minimum atomic E-state index is -0.439. The van der Waals surface area contributed by atoms with Gasteiger partial charge in [-0.2, -0.15) is 0 Å². The first-order valence-corrected chi connectivity index (χ1v) is 5.48. The van der Waals surface area contributed by atoms with Gasteiger partial charge in [-0.1, -0.05) is 32.6 Å². The third kappa shape index (κ3) is 6.32. The summed E-state index contributed by atoms with van der Waals surface area (Å²) in [5.41, 5.74) is 0.509. The predicted octanol–water partition coefficient (Wildman–Crippen LogP) is 2.77. The third-order valence-electron chi connectivity index (χ3n) is 1.86. The summed E-state index contributed by atoms with van der Waals surface area (Å²) >= 11 is 0. The lowest BCUT2D eigenvalue weighted by Gasteiger charge is -1.99. The van der Waals surface area contributed by atoms with Crippen molar-refractivity contribution in [2.24, 2.45) is 0 Å². The van der Waals surface area contributed by atoms with Crippen LogP contribution in [0.1, 0.15) is 13.8 Å². The molecule has 2 N–H and O–H groups in total. The molecule has 0 unspecified atom stereocenters. The lowest BCUT2D eigenvalue weighted by molar-refractivity contribution is -0.383. The maximum atomic E-state index is 10.4. The number of anilines is 1. The Hall–Kier alpha value is -1.88. The lowest BCUT2D eigenvalue weighted by atomic mass is 10.3. The van der Waals surface area contributed by atoms with Crippen LogP contribution in [0.3, 0.4) is 0 Å². The van der Waals surface area contributed by atoms with Crippen molar-refractivity contribution < 1.29 is 4.92 Å². The van der Waals surface area contributed by atoms with E-state index < -0.39 is 4.92 Å². The Balaban J connectivity index is 0.000000437. The van der Waals surface area contributed by atoms with Gasteiger partial charge < -0.3 is 10.6 Å². The molecule has 0 heterocycles.